The summed E-state index contributed by atoms with van der Waals surface area (Å²) in [6.45, 7) is 2.29. The molecule has 10 nitrogen and oxygen atoms in total. The van der Waals surface area contributed by atoms with Crippen LogP contribution >= 0.6 is 0 Å². The van der Waals surface area contributed by atoms with E-state index >= 15 is 0 Å². The Bertz CT molecular complexity index is 1240. The molecule has 36 heavy (non-hydrogen) atoms. The van der Waals surface area contributed by atoms with Gasteiger partial charge in [0.25, 0.3) is 5.91 Å². The number of hydrogen-bond acceptors (Lipinski definition) is 7. The van der Waals surface area contributed by atoms with Gasteiger partial charge < -0.3 is 14.8 Å². The first-order valence-electron chi connectivity index (χ1n) is 12.0. The maximum atomic E-state index is 13.6. The zero-order valence-corrected chi connectivity index (χ0v) is 19.9. The number of nitrogens with one attached hydrogen (secondary N) is 1. The molecule has 0 saturated heterocycles. The second kappa shape index (κ2) is 10.3. The summed E-state index contributed by atoms with van der Waals surface area (Å²) in [5.41, 5.74) is 1.07. The first kappa shape index (κ1) is 23.7. The number of aromatic nitrogens is 4. The zero-order chi connectivity index (χ0) is 25.1. The lowest BCUT2D eigenvalue weighted by atomic mass is 10.1. The third-order valence-electron chi connectivity index (χ3n) is 6.37. The Morgan fingerprint density at radius 3 is 2.58 bits per heavy atom. The number of nitrogens with zero attached hydrogens (tertiary/aromatic N) is 5. The largest absolute Gasteiger partial charge is 0.486 e. The monoisotopic (exact) mass is 494 g/mol. The average Bonchev–Trinajstić information content (AvgIpc) is 3.57. The lowest BCUT2D eigenvalue weighted by Crippen LogP contribution is -2.51. The van der Waals surface area contributed by atoms with Crippen LogP contribution in [-0.2, 0) is 16.1 Å². The van der Waals surface area contributed by atoms with Crippen LogP contribution in [0.15, 0.2) is 42.5 Å². The molecule has 2 aliphatic rings. The van der Waals surface area contributed by atoms with E-state index in [2.05, 4.69) is 20.7 Å². The maximum absolute atomic E-state index is 13.6. The number of benzene rings is 2. The van der Waals surface area contributed by atoms with Gasteiger partial charge in [0.15, 0.2) is 11.5 Å². The highest BCUT2D eigenvalue weighted by Gasteiger charge is 2.31. The van der Waals surface area contributed by atoms with Crippen LogP contribution in [0.2, 0.25) is 0 Å². The highest BCUT2D eigenvalue weighted by atomic mass is 19.1. The number of amides is 2. The van der Waals surface area contributed by atoms with E-state index in [-0.39, 0.29) is 30.1 Å². The molecule has 2 heterocycles. The molecular formula is C25H27FN6O4. The Morgan fingerprint density at radius 1 is 1.11 bits per heavy atom. The maximum Gasteiger partial charge on any atom is 0.251 e. The van der Waals surface area contributed by atoms with E-state index in [1.54, 1.807) is 25.1 Å². The minimum absolute atomic E-state index is 0.118. The van der Waals surface area contributed by atoms with Gasteiger partial charge in [-0.15, -0.1) is 10.2 Å². The molecule has 11 heteroatoms. The van der Waals surface area contributed by atoms with Crippen molar-refractivity contribution in [1.29, 1.82) is 0 Å². The molecule has 1 fully saturated rings. The zero-order valence-electron chi connectivity index (χ0n) is 19.9. The number of tetrazole rings is 1. The molecule has 3 aromatic rings. The van der Waals surface area contributed by atoms with Crippen LogP contribution in [0.25, 0.3) is 11.4 Å². The molecule has 1 unspecified atom stereocenters. The Hall–Kier alpha value is -4.02. The Kier molecular flexibility index (Phi) is 6.79. The molecule has 0 radical (unpaired) electrons. The number of halogens is 1. The summed E-state index contributed by atoms with van der Waals surface area (Å²) >= 11 is 0. The van der Waals surface area contributed by atoms with Gasteiger partial charge in [0.05, 0.1) is 0 Å². The summed E-state index contributed by atoms with van der Waals surface area (Å²) in [4.78, 5) is 29.3. The summed E-state index contributed by atoms with van der Waals surface area (Å²) in [6, 6.07) is 10.2. The van der Waals surface area contributed by atoms with Crippen molar-refractivity contribution >= 4 is 17.5 Å². The molecule has 1 saturated carbocycles. The van der Waals surface area contributed by atoms with Gasteiger partial charge in [-0.3, -0.25) is 14.5 Å². The standard InChI is InChI=1S/C25H27FN6O4/c1-16(25(34)27-19-4-2-3-5-19)32(20-10-11-21-22(14-20)36-13-12-35-21)23(33)15-31-29-24(28-30-31)17-6-8-18(26)9-7-17/h6-11,14,16,19H,2-5,12-13,15H2,1H3,(H,27,34). The first-order valence-corrected chi connectivity index (χ1v) is 12.0. The van der Waals surface area contributed by atoms with Gasteiger partial charge in [-0.2, -0.15) is 4.80 Å². The van der Waals surface area contributed by atoms with Crippen LogP contribution in [0.4, 0.5) is 10.1 Å². The molecule has 0 bridgehead atoms. The Labute approximate surface area is 207 Å². The summed E-state index contributed by atoms with van der Waals surface area (Å²) in [6.07, 6.45) is 4.04. The van der Waals surface area contributed by atoms with Crippen molar-refractivity contribution < 1.29 is 23.5 Å². The minimum atomic E-state index is -0.791. The highest BCUT2D eigenvalue weighted by Crippen LogP contribution is 2.35. The number of anilines is 1. The predicted octanol–water partition coefficient (Wildman–Crippen LogP) is 2.73. The van der Waals surface area contributed by atoms with Crippen molar-refractivity contribution in [2.45, 2.75) is 51.2 Å². The molecule has 1 aromatic heterocycles. The normalized spacial score (nSPS) is 15.9. The molecule has 2 amide bonds. The number of carbonyl (C=O) groups is 2. The lowest BCUT2D eigenvalue weighted by Gasteiger charge is -2.30. The molecule has 188 valence electrons. The molecule has 0 spiro atoms. The predicted molar refractivity (Wildman–Crippen MR) is 128 cm³/mol. The highest BCUT2D eigenvalue weighted by molar-refractivity contribution is 6.00. The van der Waals surface area contributed by atoms with Crippen molar-refractivity contribution in [3.8, 4) is 22.9 Å². The molecule has 1 aliphatic heterocycles. The van der Waals surface area contributed by atoms with Crippen LogP contribution in [0.3, 0.4) is 0 Å². The average molecular weight is 495 g/mol. The smallest absolute Gasteiger partial charge is 0.251 e. The molecule has 1 atom stereocenters. The number of ether oxygens (including phenoxy) is 2. The van der Waals surface area contributed by atoms with E-state index in [1.165, 1.54) is 29.2 Å². The fourth-order valence-electron chi connectivity index (χ4n) is 4.50. The van der Waals surface area contributed by atoms with E-state index < -0.39 is 11.9 Å². The number of carbonyl (C=O) groups excluding carboxylic acids is 2. The van der Waals surface area contributed by atoms with Crippen LogP contribution in [-0.4, -0.2) is 57.3 Å². The van der Waals surface area contributed by atoms with Crippen LogP contribution < -0.4 is 19.7 Å². The minimum Gasteiger partial charge on any atom is -0.486 e. The second-order valence-electron chi connectivity index (χ2n) is 8.91. The van der Waals surface area contributed by atoms with Crippen LogP contribution in [0.1, 0.15) is 32.6 Å². The van der Waals surface area contributed by atoms with Gasteiger partial charge >= 0.3 is 0 Å². The third-order valence-corrected chi connectivity index (χ3v) is 6.37. The lowest BCUT2D eigenvalue weighted by molar-refractivity contribution is -0.127. The molecule has 1 N–H and O–H groups in total. The van der Waals surface area contributed by atoms with E-state index in [1.807, 2.05) is 0 Å². The van der Waals surface area contributed by atoms with Gasteiger partial charge in [0.2, 0.25) is 11.7 Å². The molecule has 2 aromatic carbocycles. The van der Waals surface area contributed by atoms with Crippen LogP contribution in [0, 0.1) is 5.82 Å². The van der Waals surface area contributed by atoms with Crippen molar-refractivity contribution in [3.05, 3.63) is 48.3 Å². The quantitative estimate of drug-likeness (QED) is 0.538. The van der Waals surface area contributed by atoms with Gasteiger partial charge in [0, 0.05) is 23.4 Å². The molecule has 5 rings (SSSR count). The first-order chi connectivity index (χ1) is 17.5. The topological polar surface area (TPSA) is 111 Å². The summed E-state index contributed by atoms with van der Waals surface area (Å²) < 4.78 is 24.5. The third kappa shape index (κ3) is 5.14. The molecule has 1 aliphatic carbocycles. The Balaban J connectivity index is 1.39. The summed E-state index contributed by atoms with van der Waals surface area (Å²) in [5.74, 6) is 0.356. The summed E-state index contributed by atoms with van der Waals surface area (Å²) in [7, 11) is 0. The van der Waals surface area contributed by atoms with E-state index in [9.17, 15) is 14.0 Å². The van der Waals surface area contributed by atoms with Crippen molar-refractivity contribution in [1.82, 2.24) is 25.5 Å². The van der Waals surface area contributed by atoms with Crippen molar-refractivity contribution in [2.75, 3.05) is 18.1 Å². The second-order valence-corrected chi connectivity index (χ2v) is 8.91. The Morgan fingerprint density at radius 2 is 1.83 bits per heavy atom. The number of rotatable bonds is 7. The van der Waals surface area contributed by atoms with E-state index in [0.29, 0.717) is 36.0 Å². The van der Waals surface area contributed by atoms with Crippen molar-refractivity contribution in [3.63, 3.8) is 0 Å². The number of hydrogen-bond donors (Lipinski definition) is 1. The van der Waals surface area contributed by atoms with Crippen LogP contribution in [0.5, 0.6) is 11.5 Å². The summed E-state index contributed by atoms with van der Waals surface area (Å²) in [5, 5.41) is 15.3. The van der Waals surface area contributed by atoms with E-state index in [4.69, 9.17) is 9.47 Å². The van der Waals surface area contributed by atoms with Gasteiger partial charge in [0.1, 0.15) is 31.6 Å². The number of fused-ring (bicyclic) bond motifs is 1. The van der Waals surface area contributed by atoms with Crippen molar-refractivity contribution in [2.24, 2.45) is 0 Å². The fraction of sp³-hybridized carbons (Fsp3) is 0.400. The van der Waals surface area contributed by atoms with Gasteiger partial charge in [-0.1, -0.05) is 12.8 Å². The van der Waals surface area contributed by atoms with Gasteiger partial charge in [-0.25, -0.2) is 4.39 Å². The molecular weight excluding hydrogens is 467 g/mol. The van der Waals surface area contributed by atoms with E-state index in [0.717, 1.165) is 30.5 Å². The fourth-order valence-corrected chi connectivity index (χ4v) is 4.50. The SMILES string of the molecule is CC(C(=O)NC1CCCC1)N(C(=O)Cn1nnc(-c2ccc(F)cc2)n1)c1ccc2c(c1)OCCO2. The van der Waals surface area contributed by atoms with Gasteiger partial charge in [-0.05, 0) is 61.4 Å².